The molecule has 0 saturated carbocycles. The van der Waals surface area contributed by atoms with Gasteiger partial charge in [0.15, 0.2) is 0 Å². The van der Waals surface area contributed by atoms with Crippen LogP contribution in [0, 0.1) is 11.8 Å². The maximum atomic E-state index is 12.3. The van der Waals surface area contributed by atoms with Crippen LogP contribution in [0.5, 0.6) is 0 Å². The average Bonchev–Trinajstić information content (AvgIpc) is 3.01. The summed E-state index contributed by atoms with van der Waals surface area (Å²) in [6, 6.07) is 9.14. The van der Waals surface area contributed by atoms with Crippen molar-refractivity contribution in [2.24, 2.45) is 5.73 Å². The number of nitrogens with two attached hydrogens (primary N) is 2. The minimum atomic E-state index is -1.09. The summed E-state index contributed by atoms with van der Waals surface area (Å²) in [5, 5.41) is 12.0. The third kappa shape index (κ3) is 5.07. The van der Waals surface area contributed by atoms with Crippen molar-refractivity contribution in [1.29, 1.82) is 0 Å². The number of thiophene rings is 1. The number of hydrogen-bond donors (Lipinski definition) is 5. The molecule has 1 aromatic heterocycles. The molecule has 2 amide bonds. The third-order valence-corrected chi connectivity index (χ3v) is 4.33. The number of nitrogens with one attached hydrogen (secondary N) is 2. The van der Waals surface area contributed by atoms with Gasteiger partial charge in [0.1, 0.15) is 6.04 Å². The van der Waals surface area contributed by atoms with Gasteiger partial charge in [-0.25, -0.2) is 5.48 Å². The predicted molar refractivity (Wildman–Crippen MR) is 101 cm³/mol. The molecular formula is C18H20N4O3S. The van der Waals surface area contributed by atoms with E-state index in [9.17, 15) is 9.59 Å². The summed E-state index contributed by atoms with van der Waals surface area (Å²) in [5.41, 5.74) is 13.1. The van der Waals surface area contributed by atoms with Crippen LogP contribution in [0.4, 0.5) is 5.00 Å². The topological polar surface area (TPSA) is 130 Å². The molecule has 0 aliphatic heterocycles. The van der Waals surface area contributed by atoms with Gasteiger partial charge < -0.3 is 16.8 Å². The fraction of sp³-hybridized carbons (Fsp3) is 0.222. The number of hydrogen-bond acceptors (Lipinski definition) is 6. The monoisotopic (exact) mass is 372 g/mol. The molecule has 0 aliphatic rings. The molecule has 0 aliphatic carbocycles. The molecule has 1 atom stereocenters. The highest BCUT2D eigenvalue weighted by molar-refractivity contribution is 7.16. The smallest absolute Gasteiger partial charge is 0.267 e. The molecule has 2 rings (SSSR count). The van der Waals surface area contributed by atoms with Crippen LogP contribution in [-0.2, 0) is 4.79 Å². The number of carbonyl (C=O) groups excluding carboxylic acids is 2. The molecule has 8 heteroatoms. The Kier molecular flexibility index (Phi) is 6.00. The fourth-order valence-corrected chi connectivity index (χ4v) is 2.76. The first-order chi connectivity index (χ1) is 12.2. The van der Waals surface area contributed by atoms with Crippen LogP contribution in [0.25, 0.3) is 0 Å². The highest BCUT2D eigenvalue weighted by atomic mass is 32.1. The first-order valence-corrected chi connectivity index (χ1v) is 8.53. The average molecular weight is 372 g/mol. The minimum absolute atomic E-state index is 0.343. The maximum Gasteiger partial charge on any atom is 0.267 e. The van der Waals surface area contributed by atoms with Crippen LogP contribution in [-0.4, -0.2) is 28.6 Å². The van der Waals surface area contributed by atoms with Gasteiger partial charge in [-0.1, -0.05) is 11.8 Å². The van der Waals surface area contributed by atoms with E-state index in [1.165, 1.54) is 16.8 Å². The van der Waals surface area contributed by atoms with Crippen molar-refractivity contribution >= 4 is 28.2 Å². The van der Waals surface area contributed by atoms with E-state index in [0.29, 0.717) is 10.6 Å². The lowest BCUT2D eigenvalue weighted by atomic mass is 9.95. The van der Waals surface area contributed by atoms with Crippen LogP contribution in [0.2, 0.25) is 0 Å². The molecule has 0 spiro atoms. The van der Waals surface area contributed by atoms with Crippen molar-refractivity contribution in [3.63, 3.8) is 0 Å². The van der Waals surface area contributed by atoms with Gasteiger partial charge in [-0.15, -0.1) is 11.3 Å². The summed E-state index contributed by atoms with van der Waals surface area (Å²) in [5.74, 6) is 4.71. The predicted octanol–water partition coefficient (Wildman–Crippen LogP) is 1.07. The minimum Gasteiger partial charge on any atom is -0.391 e. The molecule has 0 radical (unpaired) electrons. The van der Waals surface area contributed by atoms with Gasteiger partial charge in [0.25, 0.3) is 11.8 Å². The van der Waals surface area contributed by atoms with E-state index in [-0.39, 0.29) is 0 Å². The zero-order valence-electron chi connectivity index (χ0n) is 14.4. The van der Waals surface area contributed by atoms with Crippen LogP contribution >= 0.6 is 11.3 Å². The second kappa shape index (κ2) is 8.01. The van der Waals surface area contributed by atoms with E-state index >= 15 is 0 Å². The summed E-state index contributed by atoms with van der Waals surface area (Å²) in [6.07, 6.45) is 0. The van der Waals surface area contributed by atoms with Crippen LogP contribution < -0.4 is 22.3 Å². The zero-order chi connectivity index (χ0) is 19.3. The van der Waals surface area contributed by atoms with E-state index < -0.39 is 23.4 Å². The largest absolute Gasteiger partial charge is 0.391 e. The number of nitrogen functional groups attached to an aromatic ring is 1. The van der Waals surface area contributed by atoms with Gasteiger partial charge in [0, 0.05) is 16.7 Å². The van der Waals surface area contributed by atoms with Crippen molar-refractivity contribution in [2.45, 2.75) is 25.4 Å². The van der Waals surface area contributed by atoms with Crippen molar-refractivity contribution in [1.82, 2.24) is 10.8 Å². The van der Waals surface area contributed by atoms with Crippen molar-refractivity contribution in [3.05, 3.63) is 52.4 Å². The molecule has 7 nitrogen and oxygen atoms in total. The van der Waals surface area contributed by atoms with E-state index in [1.807, 2.05) is 6.07 Å². The summed E-state index contributed by atoms with van der Waals surface area (Å²) < 4.78 is 0. The highest BCUT2D eigenvalue weighted by Crippen LogP contribution is 2.17. The van der Waals surface area contributed by atoms with Crippen LogP contribution in [0.15, 0.2) is 36.4 Å². The van der Waals surface area contributed by atoms with E-state index in [0.717, 1.165) is 10.4 Å². The molecule has 0 unspecified atom stereocenters. The molecule has 1 aromatic carbocycles. The number of anilines is 1. The molecule has 7 N–H and O–H groups in total. The van der Waals surface area contributed by atoms with E-state index in [4.69, 9.17) is 16.7 Å². The number of benzene rings is 1. The zero-order valence-corrected chi connectivity index (χ0v) is 15.2. The number of rotatable bonds is 4. The Morgan fingerprint density at radius 2 is 1.81 bits per heavy atom. The van der Waals surface area contributed by atoms with E-state index in [2.05, 4.69) is 17.2 Å². The van der Waals surface area contributed by atoms with Crippen LogP contribution in [0.3, 0.4) is 0 Å². The van der Waals surface area contributed by atoms with E-state index in [1.54, 1.807) is 44.2 Å². The summed E-state index contributed by atoms with van der Waals surface area (Å²) in [4.78, 5) is 24.9. The first kappa shape index (κ1) is 19.5. The second-order valence-corrected chi connectivity index (χ2v) is 7.35. The Morgan fingerprint density at radius 1 is 1.15 bits per heavy atom. The molecule has 0 bridgehead atoms. The van der Waals surface area contributed by atoms with Gasteiger partial charge >= 0.3 is 0 Å². The van der Waals surface area contributed by atoms with Gasteiger partial charge in [-0.3, -0.25) is 14.8 Å². The van der Waals surface area contributed by atoms with Gasteiger partial charge in [0.2, 0.25) is 0 Å². The summed E-state index contributed by atoms with van der Waals surface area (Å²) >= 11 is 1.40. The Morgan fingerprint density at radius 3 is 2.31 bits per heavy atom. The first-order valence-electron chi connectivity index (χ1n) is 7.72. The van der Waals surface area contributed by atoms with Crippen LogP contribution in [0.1, 0.15) is 34.6 Å². The number of hydroxylamine groups is 1. The highest BCUT2D eigenvalue weighted by Gasteiger charge is 2.33. The molecule has 0 saturated heterocycles. The normalized spacial score (nSPS) is 11.8. The lowest BCUT2D eigenvalue weighted by Crippen LogP contribution is -2.61. The van der Waals surface area contributed by atoms with Gasteiger partial charge in [-0.2, -0.15) is 0 Å². The quantitative estimate of drug-likeness (QED) is 0.311. The number of amides is 2. The van der Waals surface area contributed by atoms with Crippen molar-refractivity contribution in [3.8, 4) is 11.8 Å². The molecule has 2 aromatic rings. The molecule has 1 heterocycles. The second-order valence-electron chi connectivity index (χ2n) is 6.23. The molecular weight excluding hydrogens is 352 g/mol. The summed E-state index contributed by atoms with van der Waals surface area (Å²) in [7, 11) is 0. The van der Waals surface area contributed by atoms with Crippen molar-refractivity contribution in [2.75, 3.05) is 5.73 Å². The lowest BCUT2D eigenvalue weighted by molar-refractivity contribution is -0.132. The van der Waals surface area contributed by atoms with Gasteiger partial charge in [-0.05, 0) is 50.2 Å². The number of carbonyl (C=O) groups is 2. The SMILES string of the molecule is CC(C)(N)[C@H](NC(=O)c1ccc(C#Cc2ccc(N)s2)cc1)C(=O)NO. The standard InChI is InChI=1S/C18H20N4O3S/c1-18(2,20)15(17(24)22-25)21-16(23)12-6-3-11(4-7-12)5-8-13-9-10-14(19)26-13/h3-4,6-7,9-10,15,25H,19-20H2,1-2H3,(H,21,23)(H,22,24)/t15-/m1/s1. The Labute approximate surface area is 155 Å². The Bertz CT molecular complexity index is 857. The maximum absolute atomic E-state index is 12.3. The summed E-state index contributed by atoms with van der Waals surface area (Å²) in [6.45, 7) is 3.15. The molecule has 136 valence electrons. The van der Waals surface area contributed by atoms with Gasteiger partial charge in [0.05, 0.1) is 9.88 Å². The Hall–Kier alpha value is -2.86. The Balaban J connectivity index is 2.11. The lowest BCUT2D eigenvalue weighted by Gasteiger charge is -2.29. The fourth-order valence-electron chi connectivity index (χ4n) is 2.13. The van der Waals surface area contributed by atoms with Crippen molar-refractivity contribution < 1.29 is 14.8 Å². The molecule has 26 heavy (non-hydrogen) atoms. The third-order valence-electron chi connectivity index (χ3n) is 3.50. The molecule has 0 fully saturated rings.